The average molecular weight is 567 g/mol. The maximum atomic E-state index is 11.4. The van der Waals surface area contributed by atoms with Crippen LogP contribution < -0.4 is 5.32 Å². The predicted octanol–water partition coefficient (Wildman–Crippen LogP) is 6.44. The number of nitrogens with zero attached hydrogens (tertiary/aromatic N) is 7. The summed E-state index contributed by atoms with van der Waals surface area (Å²) in [4.78, 5) is 11.7. The van der Waals surface area contributed by atoms with E-state index in [4.69, 9.17) is 28.3 Å². The number of anilines is 2. The van der Waals surface area contributed by atoms with Gasteiger partial charge in [-0.15, -0.1) is 5.11 Å². The summed E-state index contributed by atoms with van der Waals surface area (Å²) in [5, 5.41) is 16.4. The number of nitrogens with one attached hydrogen (secondary N) is 1. The Morgan fingerprint density at radius 1 is 0.789 bits per heavy atom. The molecule has 0 aliphatic rings. The van der Waals surface area contributed by atoms with Gasteiger partial charge in [0.2, 0.25) is 16.5 Å². The molecule has 38 heavy (non-hydrogen) atoms. The zero-order chi connectivity index (χ0) is 26.7. The van der Waals surface area contributed by atoms with Gasteiger partial charge in [0.25, 0.3) is 10.1 Å². The van der Waals surface area contributed by atoms with E-state index < -0.39 is 10.1 Å². The Kier molecular flexibility index (Phi) is 7.11. The van der Waals surface area contributed by atoms with Gasteiger partial charge in [-0.2, -0.15) is 33.6 Å². The lowest BCUT2D eigenvalue weighted by molar-refractivity contribution is 0.483. The molecular weight excluding hydrogens is 551 g/mol. The molecule has 5 aromatic rings. The van der Waals surface area contributed by atoms with Crippen molar-refractivity contribution in [3.05, 3.63) is 95.5 Å². The van der Waals surface area contributed by atoms with E-state index in [-0.39, 0.29) is 21.4 Å². The van der Waals surface area contributed by atoms with Crippen LogP contribution in [0.5, 0.6) is 0 Å². The molecule has 0 saturated heterocycles. The number of hydrogen-bond donors (Lipinski definition) is 2. The van der Waals surface area contributed by atoms with Gasteiger partial charge in [-0.25, -0.2) is 4.68 Å². The third kappa shape index (κ3) is 5.68. The minimum Gasteiger partial charge on any atom is -0.307 e. The molecule has 0 bridgehead atoms. The lowest BCUT2D eigenvalue weighted by Crippen LogP contribution is -2.05. The van der Waals surface area contributed by atoms with Crippen LogP contribution in [0.4, 0.5) is 23.1 Å². The number of aromatic nitrogens is 5. The summed E-state index contributed by atoms with van der Waals surface area (Å²) in [7, 11) is -4.34. The first-order chi connectivity index (χ1) is 18.3. The molecule has 5 rings (SSSR count). The summed E-state index contributed by atoms with van der Waals surface area (Å²) in [6, 6.07) is 23.9. The average Bonchev–Trinajstić information content (AvgIpc) is 3.25. The molecule has 0 saturated carbocycles. The predicted molar refractivity (Wildman–Crippen MR) is 143 cm³/mol. The van der Waals surface area contributed by atoms with E-state index in [0.29, 0.717) is 28.6 Å². The quantitative estimate of drug-likeness (QED) is 0.169. The Morgan fingerprint density at radius 3 is 2.00 bits per heavy atom. The fourth-order valence-corrected chi connectivity index (χ4v) is 4.29. The minimum absolute atomic E-state index is 0.0562. The van der Waals surface area contributed by atoms with E-state index in [1.54, 1.807) is 4.68 Å². The second-order valence-electron chi connectivity index (χ2n) is 7.65. The van der Waals surface area contributed by atoms with Gasteiger partial charge in [0.15, 0.2) is 11.5 Å². The van der Waals surface area contributed by atoms with Crippen molar-refractivity contribution in [3.8, 4) is 16.9 Å². The number of halogens is 2. The van der Waals surface area contributed by atoms with E-state index >= 15 is 0 Å². The first-order valence-electron chi connectivity index (χ1n) is 10.9. The van der Waals surface area contributed by atoms with Crippen molar-refractivity contribution in [2.45, 2.75) is 4.90 Å². The summed E-state index contributed by atoms with van der Waals surface area (Å²) in [5.74, 6) is 0.410. The van der Waals surface area contributed by atoms with E-state index in [0.717, 1.165) is 5.56 Å². The molecule has 2 heterocycles. The molecule has 3 aromatic carbocycles. The second kappa shape index (κ2) is 10.6. The first kappa shape index (κ1) is 25.4. The van der Waals surface area contributed by atoms with Crippen molar-refractivity contribution >= 4 is 56.5 Å². The molecule has 0 spiro atoms. The van der Waals surface area contributed by atoms with E-state index in [1.165, 1.54) is 24.3 Å². The Labute approximate surface area is 226 Å². The zero-order valence-electron chi connectivity index (χ0n) is 19.1. The Bertz CT molecular complexity index is 1710. The van der Waals surface area contributed by atoms with Crippen LogP contribution in [-0.4, -0.2) is 37.7 Å². The van der Waals surface area contributed by atoms with Gasteiger partial charge in [-0.3, -0.25) is 4.55 Å². The monoisotopic (exact) mass is 566 g/mol. The van der Waals surface area contributed by atoms with Crippen molar-refractivity contribution in [2.24, 2.45) is 10.2 Å². The molecule has 2 N–H and O–H groups in total. The molecule has 0 unspecified atom stereocenters. The lowest BCUT2D eigenvalue weighted by Gasteiger charge is -2.09. The fourth-order valence-electron chi connectivity index (χ4n) is 3.44. The van der Waals surface area contributed by atoms with Gasteiger partial charge in [-0.05, 0) is 59.6 Å². The van der Waals surface area contributed by atoms with Crippen LogP contribution in [0.15, 0.2) is 100 Å². The van der Waals surface area contributed by atoms with Crippen molar-refractivity contribution in [2.75, 3.05) is 5.32 Å². The van der Waals surface area contributed by atoms with Crippen LogP contribution in [0.1, 0.15) is 0 Å². The van der Waals surface area contributed by atoms with Crippen LogP contribution in [0, 0.1) is 0 Å². The molecule has 0 radical (unpaired) electrons. The van der Waals surface area contributed by atoms with Crippen molar-refractivity contribution < 1.29 is 13.0 Å². The molecule has 0 amide bonds. The van der Waals surface area contributed by atoms with E-state index in [1.807, 2.05) is 60.7 Å². The van der Waals surface area contributed by atoms with Crippen LogP contribution >= 0.6 is 23.2 Å². The molecule has 0 aliphatic heterocycles. The van der Waals surface area contributed by atoms with Crippen LogP contribution in [0.25, 0.3) is 16.9 Å². The topological polar surface area (TPSA) is 148 Å². The summed E-state index contributed by atoms with van der Waals surface area (Å²) in [6.07, 6.45) is 0. The highest BCUT2D eigenvalue weighted by Gasteiger charge is 2.22. The summed E-state index contributed by atoms with van der Waals surface area (Å²) >= 11 is 12.0. The smallest absolute Gasteiger partial charge is 0.294 e. The highest BCUT2D eigenvalue weighted by Crippen LogP contribution is 2.40. The van der Waals surface area contributed by atoms with Gasteiger partial charge in [0.1, 0.15) is 5.69 Å². The number of hydrogen-bond acceptors (Lipinski definition) is 9. The van der Waals surface area contributed by atoms with E-state index in [9.17, 15) is 13.0 Å². The van der Waals surface area contributed by atoms with Crippen LogP contribution in [0.2, 0.25) is 10.6 Å². The number of benzene rings is 3. The summed E-state index contributed by atoms with van der Waals surface area (Å²) in [5.41, 5.74) is 2.61. The molecule has 0 aliphatic carbocycles. The van der Waals surface area contributed by atoms with Gasteiger partial charge in [0, 0.05) is 5.56 Å². The fraction of sp³-hybridized carbons (Fsp3) is 0. The summed E-state index contributed by atoms with van der Waals surface area (Å²) < 4.78 is 33.6. The van der Waals surface area contributed by atoms with Gasteiger partial charge >= 0.3 is 0 Å². The van der Waals surface area contributed by atoms with E-state index in [2.05, 4.69) is 30.5 Å². The number of rotatable bonds is 7. The highest BCUT2D eigenvalue weighted by molar-refractivity contribution is 7.85. The normalized spacial score (nSPS) is 11.7. The van der Waals surface area contributed by atoms with Gasteiger partial charge in [0.05, 0.1) is 16.3 Å². The Balaban J connectivity index is 1.69. The first-order valence-corrected chi connectivity index (χ1v) is 13.0. The van der Waals surface area contributed by atoms with Crippen molar-refractivity contribution in [1.29, 1.82) is 0 Å². The minimum atomic E-state index is -4.34. The van der Waals surface area contributed by atoms with Crippen molar-refractivity contribution in [3.63, 3.8) is 0 Å². The second-order valence-corrected chi connectivity index (χ2v) is 9.75. The molecule has 0 atom stereocenters. The van der Waals surface area contributed by atoms with Gasteiger partial charge in [-0.1, -0.05) is 48.5 Å². The van der Waals surface area contributed by atoms with Gasteiger partial charge < -0.3 is 5.32 Å². The summed E-state index contributed by atoms with van der Waals surface area (Å²) in [6.45, 7) is 0. The van der Waals surface area contributed by atoms with Crippen LogP contribution in [-0.2, 0) is 10.1 Å². The Hall–Kier alpha value is -4.23. The molecule has 2 aromatic heterocycles. The largest absolute Gasteiger partial charge is 0.307 e. The third-order valence-electron chi connectivity index (χ3n) is 5.12. The molecule has 11 nitrogen and oxygen atoms in total. The van der Waals surface area contributed by atoms with Crippen LogP contribution in [0.3, 0.4) is 0 Å². The standard InChI is InChI=1S/C24H16Cl2N8O3S/c25-22-28-23(26)30-24(29-22)27-21-20(32-31-16-11-13-18(14-12-16)38(35,36)37)19(15-7-3-1-4-8-15)33-34(21)17-9-5-2-6-10-17/h1-14H,(H,35,36,37)(H,27,28,29,30). The molecule has 190 valence electrons. The highest BCUT2D eigenvalue weighted by atomic mass is 35.5. The third-order valence-corrected chi connectivity index (χ3v) is 6.33. The molecule has 14 heteroatoms. The zero-order valence-corrected chi connectivity index (χ0v) is 21.5. The number of para-hydroxylation sites is 1. The maximum absolute atomic E-state index is 11.4. The lowest BCUT2D eigenvalue weighted by atomic mass is 10.1. The maximum Gasteiger partial charge on any atom is 0.294 e. The number of azo groups is 1. The molecular formula is C24H16Cl2N8O3S. The Morgan fingerprint density at radius 2 is 1.39 bits per heavy atom. The van der Waals surface area contributed by atoms with Crippen molar-refractivity contribution in [1.82, 2.24) is 24.7 Å². The molecule has 0 fully saturated rings. The SMILES string of the molecule is O=S(=O)(O)c1ccc(N=Nc2c(-c3ccccc3)nn(-c3ccccc3)c2Nc2nc(Cl)nc(Cl)n2)cc1.